The predicted molar refractivity (Wildman–Crippen MR) is 79.3 cm³/mol. The number of carboxylic acid groups (broad SMARTS) is 1. The van der Waals surface area contributed by atoms with Crippen molar-refractivity contribution >= 4 is 29.7 Å². The molecule has 2 amide bonds. The van der Waals surface area contributed by atoms with Gasteiger partial charge in [0.1, 0.15) is 6.04 Å². The lowest BCUT2D eigenvalue weighted by atomic mass is 9.95. The SMILES string of the molecule is COC(=O)C[C@H](NC(=O)NC1CCCC(SC)C1)C(=O)O. The van der Waals surface area contributed by atoms with Crippen molar-refractivity contribution in [2.75, 3.05) is 13.4 Å². The fourth-order valence-corrected chi connectivity index (χ4v) is 3.15. The first kappa shape index (κ1) is 17.6. The number of ether oxygens (including phenoxy) is 1. The number of methoxy groups -OCH3 is 1. The van der Waals surface area contributed by atoms with Gasteiger partial charge in [0, 0.05) is 11.3 Å². The number of rotatable bonds is 6. The second kappa shape index (κ2) is 8.76. The summed E-state index contributed by atoms with van der Waals surface area (Å²) in [6.07, 6.45) is 5.60. The van der Waals surface area contributed by atoms with Gasteiger partial charge < -0.3 is 20.5 Å². The first-order valence-corrected chi connectivity index (χ1v) is 8.14. The zero-order valence-corrected chi connectivity index (χ0v) is 13.1. The Morgan fingerprint density at radius 2 is 2.10 bits per heavy atom. The minimum atomic E-state index is -1.28. The first-order chi connectivity index (χ1) is 9.96. The Balaban J connectivity index is 2.46. The fraction of sp³-hybridized carbons (Fsp3) is 0.769. The number of amides is 2. The van der Waals surface area contributed by atoms with Gasteiger partial charge in [0.15, 0.2) is 0 Å². The molecule has 8 heteroatoms. The average molecular weight is 318 g/mol. The van der Waals surface area contributed by atoms with Gasteiger partial charge in [-0.3, -0.25) is 4.79 Å². The molecule has 0 aromatic heterocycles. The summed E-state index contributed by atoms with van der Waals surface area (Å²) < 4.78 is 4.41. The molecule has 2 unspecified atom stereocenters. The number of aliphatic carboxylic acids is 1. The maximum Gasteiger partial charge on any atom is 0.326 e. The zero-order chi connectivity index (χ0) is 15.8. The number of esters is 1. The van der Waals surface area contributed by atoms with Crippen LogP contribution < -0.4 is 10.6 Å². The van der Waals surface area contributed by atoms with Gasteiger partial charge in [-0.25, -0.2) is 9.59 Å². The second-order valence-corrected chi connectivity index (χ2v) is 6.15. The van der Waals surface area contributed by atoms with Crippen LogP contribution in [0.1, 0.15) is 32.1 Å². The lowest BCUT2D eigenvalue weighted by Crippen LogP contribution is -2.50. The number of nitrogens with one attached hydrogen (secondary N) is 2. The molecular weight excluding hydrogens is 296 g/mol. The highest BCUT2D eigenvalue weighted by atomic mass is 32.2. The van der Waals surface area contributed by atoms with E-state index in [1.54, 1.807) is 11.8 Å². The summed E-state index contributed by atoms with van der Waals surface area (Å²) in [5, 5.41) is 14.6. The summed E-state index contributed by atoms with van der Waals surface area (Å²) in [7, 11) is 1.17. The molecule has 1 aliphatic rings. The highest BCUT2D eigenvalue weighted by molar-refractivity contribution is 7.99. The lowest BCUT2D eigenvalue weighted by Gasteiger charge is -2.29. The predicted octanol–water partition coefficient (Wildman–Crippen LogP) is 0.976. The van der Waals surface area contributed by atoms with Crippen LogP contribution in [0.15, 0.2) is 0 Å². The van der Waals surface area contributed by atoms with E-state index in [-0.39, 0.29) is 6.04 Å². The standard InChI is InChI=1S/C13H22N2O5S/c1-20-11(16)7-10(12(17)18)15-13(19)14-8-4-3-5-9(6-8)21-2/h8-10H,3-7H2,1-2H3,(H,17,18)(H2,14,15,19)/t8?,9?,10-/m0/s1. The first-order valence-electron chi connectivity index (χ1n) is 6.85. The van der Waals surface area contributed by atoms with E-state index >= 15 is 0 Å². The van der Waals surface area contributed by atoms with Crippen LogP contribution in [0.25, 0.3) is 0 Å². The normalized spacial score (nSPS) is 23.0. The molecule has 0 saturated heterocycles. The number of carboxylic acids is 1. The number of urea groups is 1. The van der Waals surface area contributed by atoms with Crippen molar-refractivity contribution < 1.29 is 24.2 Å². The Bertz CT molecular complexity index is 391. The van der Waals surface area contributed by atoms with Crippen molar-refractivity contribution in [2.45, 2.75) is 49.4 Å². The second-order valence-electron chi connectivity index (χ2n) is 5.01. The molecule has 0 radical (unpaired) electrons. The minimum absolute atomic E-state index is 0.0452. The Kier molecular flexibility index (Phi) is 7.35. The molecule has 0 aromatic rings. The van der Waals surface area contributed by atoms with E-state index in [4.69, 9.17) is 5.11 Å². The molecule has 21 heavy (non-hydrogen) atoms. The van der Waals surface area contributed by atoms with Crippen LogP contribution in [0.5, 0.6) is 0 Å². The summed E-state index contributed by atoms with van der Waals surface area (Å²) in [5.41, 5.74) is 0. The molecule has 120 valence electrons. The van der Waals surface area contributed by atoms with Crippen LogP contribution in [0, 0.1) is 0 Å². The molecule has 0 bridgehead atoms. The number of carbonyl (C=O) groups is 3. The van der Waals surface area contributed by atoms with E-state index in [1.165, 1.54) is 7.11 Å². The highest BCUT2D eigenvalue weighted by Gasteiger charge is 2.26. The van der Waals surface area contributed by atoms with E-state index in [9.17, 15) is 14.4 Å². The van der Waals surface area contributed by atoms with Crippen LogP contribution in [0.3, 0.4) is 0 Å². The third-order valence-corrected chi connectivity index (χ3v) is 4.59. The van der Waals surface area contributed by atoms with E-state index in [0.717, 1.165) is 25.7 Å². The van der Waals surface area contributed by atoms with Gasteiger partial charge in [0.2, 0.25) is 0 Å². The van der Waals surface area contributed by atoms with E-state index in [0.29, 0.717) is 5.25 Å². The van der Waals surface area contributed by atoms with E-state index < -0.39 is 30.4 Å². The molecule has 0 aliphatic heterocycles. The Hall–Kier alpha value is -1.44. The minimum Gasteiger partial charge on any atom is -0.480 e. The van der Waals surface area contributed by atoms with Crippen molar-refractivity contribution in [1.82, 2.24) is 10.6 Å². The van der Waals surface area contributed by atoms with Gasteiger partial charge in [0.05, 0.1) is 13.5 Å². The Morgan fingerprint density at radius 1 is 1.38 bits per heavy atom. The largest absolute Gasteiger partial charge is 0.480 e. The van der Waals surface area contributed by atoms with Crippen LogP contribution >= 0.6 is 11.8 Å². The number of carbonyl (C=O) groups excluding carboxylic acids is 2. The van der Waals surface area contributed by atoms with Crippen LogP contribution in [-0.4, -0.2) is 53.8 Å². The fourth-order valence-electron chi connectivity index (χ4n) is 2.33. The summed E-state index contributed by atoms with van der Waals surface area (Å²) in [5.74, 6) is -1.94. The van der Waals surface area contributed by atoms with Crippen molar-refractivity contribution in [3.8, 4) is 0 Å². The summed E-state index contributed by atoms with van der Waals surface area (Å²) >= 11 is 1.78. The smallest absolute Gasteiger partial charge is 0.326 e. The van der Waals surface area contributed by atoms with Gasteiger partial charge in [-0.15, -0.1) is 0 Å². The third-order valence-electron chi connectivity index (χ3n) is 3.50. The quantitative estimate of drug-likeness (QED) is 0.631. The van der Waals surface area contributed by atoms with Crippen molar-refractivity contribution in [3.63, 3.8) is 0 Å². The van der Waals surface area contributed by atoms with Gasteiger partial charge in [-0.2, -0.15) is 11.8 Å². The van der Waals surface area contributed by atoms with Crippen molar-refractivity contribution in [2.24, 2.45) is 0 Å². The summed E-state index contributed by atoms with van der Waals surface area (Å²) in [6, 6.07) is -1.79. The number of hydrogen-bond acceptors (Lipinski definition) is 5. The van der Waals surface area contributed by atoms with Crippen molar-refractivity contribution in [1.29, 1.82) is 0 Å². The average Bonchev–Trinajstić information content (AvgIpc) is 2.46. The number of thioether (sulfide) groups is 1. The van der Waals surface area contributed by atoms with E-state index in [2.05, 4.69) is 15.4 Å². The molecule has 3 N–H and O–H groups in total. The molecule has 1 aliphatic carbocycles. The topological polar surface area (TPSA) is 105 Å². The molecule has 0 heterocycles. The molecule has 1 fully saturated rings. The monoisotopic (exact) mass is 318 g/mol. The van der Waals surface area contributed by atoms with Crippen molar-refractivity contribution in [3.05, 3.63) is 0 Å². The molecule has 0 aromatic carbocycles. The Labute approximate surface area is 128 Å². The van der Waals surface area contributed by atoms with Gasteiger partial charge in [0.25, 0.3) is 0 Å². The maximum atomic E-state index is 11.8. The maximum absolute atomic E-state index is 11.8. The van der Waals surface area contributed by atoms with Gasteiger partial charge in [-0.05, 0) is 25.5 Å². The molecule has 3 atom stereocenters. The highest BCUT2D eigenvalue weighted by Crippen LogP contribution is 2.26. The molecule has 0 spiro atoms. The lowest BCUT2D eigenvalue weighted by molar-refractivity contribution is -0.147. The summed E-state index contributed by atoms with van der Waals surface area (Å²) in [6.45, 7) is 0. The van der Waals surface area contributed by atoms with Gasteiger partial charge >= 0.3 is 18.0 Å². The Morgan fingerprint density at radius 3 is 2.67 bits per heavy atom. The van der Waals surface area contributed by atoms with Crippen LogP contribution in [-0.2, 0) is 14.3 Å². The third kappa shape index (κ3) is 6.24. The van der Waals surface area contributed by atoms with E-state index in [1.807, 2.05) is 6.26 Å². The van der Waals surface area contributed by atoms with Crippen LogP contribution in [0.2, 0.25) is 0 Å². The van der Waals surface area contributed by atoms with Gasteiger partial charge in [-0.1, -0.05) is 6.42 Å². The molecular formula is C13H22N2O5S. The molecule has 1 rings (SSSR count). The molecule has 7 nitrogen and oxygen atoms in total. The molecule has 1 saturated carbocycles. The van der Waals surface area contributed by atoms with Crippen LogP contribution in [0.4, 0.5) is 4.79 Å². The number of hydrogen-bond donors (Lipinski definition) is 3. The zero-order valence-electron chi connectivity index (χ0n) is 12.3. The summed E-state index contributed by atoms with van der Waals surface area (Å²) in [4.78, 5) is 34.0.